The fourth-order valence-corrected chi connectivity index (χ4v) is 9.30. The highest BCUT2D eigenvalue weighted by Gasteiger charge is 2.24. The second kappa shape index (κ2) is 7.11. The van der Waals surface area contributed by atoms with Crippen LogP contribution in [-0.2, 0) is 10.8 Å². The van der Waals surface area contributed by atoms with Crippen LogP contribution in [0.1, 0.15) is 56.9 Å². The van der Waals surface area contributed by atoms with Crippen LogP contribution in [0.25, 0.3) is 29.4 Å². The average Bonchev–Trinajstić information content (AvgIpc) is 3.25. The SMILES string of the molecule is Cc1cc(-c2nc3sc(-c4cc(I)c(C(C)(C)C)s4)nc3s2)sc1C(C)(C)C. The van der Waals surface area contributed by atoms with E-state index in [0.29, 0.717) is 0 Å². The van der Waals surface area contributed by atoms with Crippen LogP contribution in [0.15, 0.2) is 12.1 Å². The van der Waals surface area contributed by atoms with Gasteiger partial charge in [0, 0.05) is 13.3 Å². The van der Waals surface area contributed by atoms with Crippen LogP contribution in [-0.4, -0.2) is 9.97 Å². The van der Waals surface area contributed by atoms with Crippen molar-refractivity contribution in [3.8, 4) is 19.8 Å². The molecule has 0 N–H and O–H groups in total. The van der Waals surface area contributed by atoms with Crippen LogP contribution in [0.3, 0.4) is 0 Å². The number of aromatic nitrogens is 2. The van der Waals surface area contributed by atoms with Crippen LogP contribution >= 0.6 is 67.9 Å². The molecule has 4 aromatic heterocycles. The maximum Gasteiger partial charge on any atom is 0.155 e. The Hall–Kier alpha value is -0.350. The number of fused-ring (bicyclic) bond motifs is 1. The molecule has 0 unspecified atom stereocenters. The van der Waals surface area contributed by atoms with E-state index in [4.69, 9.17) is 9.97 Å². The molecule has 4 rings (SSSR count). The summed E-state index contributed by atoms with van der Waals surface area (Å²) >= 11 is 9.62. The lowest BCUT2D eigenvalue weighted by molar-refractivity contribution is 0.600. The quantitative estimate of drug-likeness (QED) is 0.230. The third kappa shape index (κ3) is 3.85. The molecule has 0 fully saturated rings. The molecule has 0 aromatic carbocycles. The van der Waals surface area contributed by atoms with Gasteiger partial charge in [0.05, 0.1) is 9.75 Å². The van der Waals surface area contributed by atoms with Gasteiger partial charge in [0.2, 0.25) is 0 Å². The van der Waals surface area contributed by atoms with Crippen molar-refractivity contribution >= 4 is 77.6 Å². The minimum atomic E-state index is 0.168. The molecule has 28 heavy (non-hydrogen) atoms. The lowest BCUT2D eigenvalue weighted by atomic mass is 9.92. The second-order valence-electron chi connectivity index (χ2n) is 9.06. The van der Waals surface area contributed by atoms with Crippen LogP contribution in [0.5, 0.6) is 0 Å². The predicted octanol–water partition coefficient (Wildman–Crippen LogP) is 8.72. The van der Waals surface area contributed by atoms with Crippen LogP contribution in [0, 0.1) is 10.5 Å². The van der Waals surface area contributed by atoms with Gasteiger partial charge in [-0.3, -0.25) is 0 Å². The molecular weight excluding hydrogens is 535 g/mol. The molecule has 0 aliphatic carbocycles. The number of thiophene rings is 2. The van der Waals surface area contributed by atoms with Gasteiger partial charge >= 0.3 is 0 Å². The van der Waals surface area contributed by atoms with E-state index in [1.54, 1.807) is 22.7 Å². The van der Waals surface area contributed by atoms with Crippen molar-refractivity contribution < 1.29 is 0 Å². The zero-order chi connectivity index (χ0) is 20.4. The summed E-state index contributed by atoms with van der Waals surface area (Å²) in [6, 6.07) is 4.55. The fraction of sp³-hybridized carbons (Fsp3) is 0.429. The number of aryl methyl sites for hydroxylation is 1. The van der Waals surface area contributed by atoms with Crippen molar-refractivity contribution in [1.82, 2.24) is 9.97 Å². The van der Waals surface area contributed by atoms with Crippen LogP contribution in [0.2, 0.25) is 0 Å². The van der Waals surface area contributed by atoms with E-state index >= 15 is 0 Å². The van der Waals surface area contributed by atoms with E-state index in [-0.39, 0.29) is 10.8 Å². The van der Waals surface area contributed by atoms with Gasteiger partial charge in [0.25, 0.3) is 0 Å². The predicted molar refractivity (Wildman–Crippen MR) is 137 cm³/mol. The highest BCUT2D eigenvalue weighted by Crippen LogP contribution is 2.44. The molecule has 0 amide bonds. The van der Waals surface area contributed by atoms with Gasteiger partial charge < -0.3 is 0 Å². The largest absolute Gasteiger partial charge is 0.222 e. The molecule has 148 valence electrons. The normalized spacial score (nSPS) is 13.0. The van der Waals surface area contributed by atoms with E-state index in [0.717, 1.165) is 19.7 Å². The Labute approximate surface area is 196 Å². The van der Waals surface area contributed by atoms with Crippen molar-refractivity contribution in [3.05, 3.63) is 31.0 Å². The Bertz CT molecular complexity index is 1040. The summed E-state index contributed by atoms with van der Waals surface area (Å²) in [5, 5.41) is 2.19. The molecular formula is C21H23IN2S4. The molecule has 0 saturated carbocycles. The Kier molecular flexibility index (Phi) is 5.31. The monoisotopic (exact) mass is 558 g/mol. The third-order valence-electron chi connectivity index (χ3n) is 4.36. The lowest BCUT2D eigenvalue weighted by Crippen LogP contribution is -2.09. The van der Waals surface area contributed by atoms with E-state index in [1.807, 2.05) is 22.7 Å². The number of rotatable bonds is 2. The first kappa shape index (κ1) is 20.9. The average molecular weight is 559 g/mol. The Morgan fingerprint density at radius 1 is 0.714 bits per heavy atom. The molecule has 7 heteroatoms. The van der Waals surface area contributed by atoms with Gasteiger partial charge in [0.1, 0.15) is 10.0 Å². The highest BCUT2D eigenvalue weighted by molar-refractivity contribution is 14.1. The number of hydrogen-bond donors (Lipinski definition) is 0. The summed E-state index contributed by atoms with van der Waals surface area (Å²) in [7, 11) is 0. The van der Waals surface area contributed by atoms with E-state index in [9.17, 15) is 0 Å². The van der Waals surface area contributed by atoms with Crippen molar-refractivity contribution in [2.45, 2.75) is 59.3 Å². The molecule has 0 radical (unpaired) electrons. The minimum Gasteiger partial charge on any atom is -0.222 e. The summed E-state index contributed by atoms with van der Waals surface area (Å²) in [4.78, 5) is 17.4. The van der Waals surface area contributed by atoms with E-state index in [1.165, 1.54) is 28.6 Å². The van der Waals surface area contributed by atoms with Crippen LogP contribution < -0.4 is 0 Å². The van der Waals surface area contributed by atoms with Crippen molar-refractivity contribution in [2.24, 2.45) is 0 Å². The van der Waals surface area contributed by atoms with Gasteiger partial charge in [-0.25, -0.2) is 9.97 Å². The Morgan fingerprint density at radius 3 is 1.61 bits per heavy atom. The molecule has 2 nitrogen and oxygen atoms in total. The topological polar surface area (TPSA) is 25.8 Å². The first-order valence-corrected chi connectivity index (χ1v) is 13.5. The molecule has 0 atom stereocenters. The number of nitrogens with zero attached hydrogens (tertiary/aromatic N) is 2. The van der Waals surface area contributed by atoms with E-state index < -0.39 is 0 Å². The number of hydrogen-bond acceptors (Lipinski definition) is 6. The first-order chi connectivity index (χ1) is 12.9. The molecule has 0 spiro atoms. The summed E-state index contributed by atoms with van der Waals surface area (Å²) in [5.41, 5.74) is 1.71. The standard InChI is InChI=1S/C21H23IN2S4/c1-10-8-12(25-14(10)20(2,3)4)16-23-18-19(27-16)24-17(28-18)13-9-11(22)15(26-13)21(5,6)7/h8-9H,1-7H3. The summed E-state index contributed by atoms with van der Waals surface area (Å²) in [6.07, 6.45) is 0. The Balaban J connectivity index is 1.70. The number of thiazole rings is 2. The molecule has 0 aliphatic heterocycles. The maximum atomic E-state index is 4.93. The van der Waals surface area contributed by atoms with Crippen molar-refractivity contribution in [1.29, 1.82) is 0 Å². The lowest BCUT2D eigenvalue weighted by Gasteiger charge is -2.17. The highest BCUT2D eigenvalue weighted by atomic mass is 127. The minimum absolute atomic E-state index is 0.168. The summed E-state index contributed by atoms with van der Waals surface area (Å²) in [6.45, 7) is 15.8. The summed E-state index contributed by atoms with van der Waals surface area (Å²) in [5.74, 6) is 0. The smallest absolute Gasteiger partial charge is 0.155 e. The zero-order valence-electron chi connectivity index (χ0n) is 17.1. The van der Waals surface area contributed by atoms with Gasteiger partial charge in [-0.05, 0) is 58.0 Å². The molecule has 0 saturated heterocycles. The van der Waals surface area contributed by atoms with Crippen molar-refractivity contribution in [2.75, 3.05) is 0 Å². The second-order valence-corrected chi connectivity index (χ2v) is 14.3. The van der Waals surface area contributed by atoms with Gasteiger partial charge in [-0.15, -0.1) is 22.7 Å². The zero-order valence-corrected chi connectivity index (χ0v) is 22.5. The van der Waals surface area contributed by atoms with Crippen LogP contribution in [0.4, 0.5) is 0 Å². The molecule has 0 bridgehead atoms. The molecule has 4 aromatic rings. The van der Waals surface area contributed by atoms with Gasteiger partial charge in [0.15, 0.2) is 9.66 Å². The van der Waals surface area contributed by atoms with Gasteiger partial charge in [-0.1, -0.05) is 64.2 Å². The maximum absolute atomic E-state index is 4.93. The molecule has 4 heterocycles. The van der Waals surface area contributed by atoms with Gasteiger partial charge in [-0.2, -0.15) is 0 Å². The van der Waals surface area contributed by atoms with E-state index in [2.05, 4.69) is 83.2 Å². The Morgan fingerprint density at radius 2 is 1.18 bits per heavy atom. The first-order valence-electron chi connectivity index (χ1n) is 9.12. The molecule has 0 aliphatic rings. The van der Waals surface area contributed by atoms with Crippen molar-refractivity contribution in [3.63, 3.8) is 0 Å². The number of halogens is 1. The summed E-state index contributed by atoms with van der Waals surface area (Å²) < 4.78 is 1.33. The fourth-order valence-electron chi connectivity index (χ4n) is 3.17. The third-order valence-corrected chi connectivity index (χ3v) is 11.2.